The predicted molar refractivity (Wildman–Crippen MR) is 57.2 cm³/mol. The molecule has 1 aliphatic rings. The van der Waals surface area contributed by atoms with Gasteiger partial charge in [-0.1, -0.05) is 0 Å². The van der Waals surface area contributed by atoms with Gasteiger partial charge in [-0.2, -0.15) is 0 Å². The van der Waals surface area contributed by atoms with E-state index in [0.29, 0.717) is 12.1 Å². The van der Waals surface area contributed by atoms with Crippen LogP contribution >= 0.6 is 0 Å². The minimum atomic E-state index is -0.0938. The summed E-state index contributed by atoms with van der Waals surface area (Å²) in [6.45, 7) is 5.15. The fourth-order valence-electron chi connectivity index (χ4n) is 1.96. The van der Waals surface area contributed by atoms with E-state index in [1.54, 1.807) is 7.05 Å². The van der Waals surface area contributed by atoms with Crippen LogP contribution in [0.3, 0.4) is 0 Å². The van der Waals surface area contributed by atoms with E-state index in [4.69, 9.17) is 0 Å². The van der Waals surface area contributed by atoms with E-state index in [1.165, 1.54) is 0 Å². The van der Waals surface area contributed by atoms with E-state index in [0.717, 1.165) is 13.0 Å². The van der Waals surface area contributed by atoms with Crippen LogP contribution in [0.4, 0.5) is 0 Å². The Hall–Kier alpha value is -0.610. The summed E-state index contributed by atoms with van der Waals surface area (Å²) < 4.78 is 0. The van der Waals surface area contributed by atoms with Gasteiger partial charge in [0, 0.05) is 25.7 Å². The maximum Gasteiger partial charge on any atom is 0.236 e. The second-order valence-corrected chi connectivity index (χ2v) is 4.22. The summed E-state index contributed by atoms with van der Waals surface area (Å²) in [5.41, 5.74) is 0. The normalized spacial score (nSPS) is 30.3. The third-order valence-electron chi connectivity index (χ3n) is 3.01. The van der Waals surface area contributed by atoms with Crippen molar-refractivity contribution in [2.75, 3.05) is 20.6 Å². The first-order valence-electron chi connectivity index (χ1n) is 5.22. The predicted octanol–water partition coefficient (Wildman–Crippen LogP) is -0.197. The number of rotatable bonds is 3. The van der Waals surface area contributed by atoms with Crippen molar-refractivity contribution in [2.45, 2.75) is 38.4 Å². The van der Waals surface area contributed by atoms with Crippen LogP contribution in [0.15, 0.2) is 0 Å². The van der Waals surface area contributed by atoms with E-state index >= 15 is 0 Å². The third kappa shape index (κ3) is 2.69. The van der Waals surface area contributed by atoms with Crippen LogP contribution in [0.2, 0.25) is 0 Å². The molecule has 1 amide bonds. The van der Waals surface area contributed by atoms with Crippen molar-refractivity contribution >= 4 is 5.91 Å². The van der Waals surface area contributed by atoms with Gasteiger partial charge in [0.2, 0.25) is 5.91 Å². The minimum Gasteiger partial charge on any atom is -0.358 e. The molecule has 3 atom stereocenters. The van der Waals surface area contributed by atoms with Crippen LogP contribution < -0.4 is 10.6 Å². The average Bonchev–Trinajstić information content (AvgIpc) is 2.44. The second kappa shape index (κ2) is 4.75. The molecule has 0 radical (unpaired) electrons. The lowest BCUT2D eigenvalue weighted by molar-refractivity contribution is -0.122. The Bertz CT molecular complexity index is 198. The van der Waals surface area contributed by atoms with Crippen molar-refractivity contribution < 1.29 is 4.79 Å². The molecule has 0 spiro atoms. The van der Waals surface area contributed by atoms with Gasteiger partial charge in [-0.05, 0) is 27.3 Å². The van der Waals surface area contributed by atoms with E-state index in [9.17, 15) is 4.79 Å². The van der Waals surface area contributed by atoms with Gasteiger partial charge in [0.1, 0.15) is 0 Å². The first kappa shape index (κ1) is 11.5. The van der Waals surface area contributed by atoms with Crippen LogP contribution in [-0.2, 0) is 4.79 Å². The largest absolute Gasteiger partial charge is 0.358 e. The van der Waals surface area contributed by atoms with Gasteiger partial charge >= 0.3 is 0 Å². The molecule has 4 heteroatoms. The summed E-state index contributed by atoms with van der Waals surface area (Å²) in [6.07, 6.45) is 1.12. The van der Waals surface area contributed by atoms with Crippen molar-refractivity contribution in [2.24, 2.45) is 0 Å². The fourth-order valence-corrected chi connectivity index (χ4v) is 1.96. The molecule has 0 aromatic rings. The van der Waals surface area contributed by atoms with Crippen LogP contribution in [-0.4, -0.2) is 49.6 Å². The highest BCUT2D eigenvalue weighted by Crippen LogP contribution is 2.15. The molecule has 0 bridgehead atoms. The van der Waals surface area contributed by atoms with Crippen LogP contribution in [0.25, 0.3) is 0 Å². The van der Waals surface area contributed by atoms with Gasteiger partial charge in [-0.15, -0.1) is 0 Å². The minimum absolute atomic E-state index is 0.0622. The molecule has 0 aliphatic carbocycles. The molecule has 0 aromatic heterocycles. The zero-order valence-corrected chi connectivity index (χ0v) is 9.50. The summed E-state index contributed by atoms with van der Waals surface area (Å²) in [5.74, 6) is 0.0622. The lowest BCUT2D eigenvalue weighted by Gasteiger charge is -2.17. The van der Waals surface area contributed by atoms with Gasteiger partial charge in [0.15, 0.2) is 0 Å². The molecular weight excluding hydrogens is 178 g/mol. The van der Waals surface area contributed by atoms with Gasteiger partial charge in [0.25, 0.3) is 0 Å². The lowest BCUT2D eigenvalue weighted by Crippen LogP contribution is -2.46. The van der Waals surface area contributed by atoms with Gasteiger partial charge in [-0.25, -0.2) is 0 Å². The summed E-state index contributed by atoms with van der Waals surface area (Å²) in [7, 11) is 3.79. The summed E-state index contributed by atoms with van der Waals surface area (Å²) in [4.78, 5) is 13.6. The average molecular weight is 199 g/mol. The molecular formula is C10H21N3O. The molecule has 1 rings (SSSR count). The van der Waals surface area contributed by atoms with Gasteiger partial charge in [0.05, 0.1) is 6.04 Å². The number of likely N-dealkylation sites (N-methyl/N-ethyl adjacent to an activating group) is 2. The number of carbonyl (C=O) groups excluding carboxylic acids is 1. The zero-order chi connectivity index (χ0) is 10.7. The number of carbonyl (C=O) groups is 1. The molecule has 1 aliphatic heterocycles. The number of amides is 1. The van der Waals surface area contributed by atoms with E-state index in [2.05, 4.69) is 29.5 Å². The van der Waals surface area contributed by atoms with E-state index < -0.39 is 0 Å². The van der Waals surface area contributed by atoms with Crippen molar-refractivity contribution in [3.8, 4) is 0 Å². The number of nitrogens with zero attached hydrogens (tertiary/aromatic N) is 1. The fraction of sp³-hybridized carbons (Fsp3) is 0.900. The summed E-state index contributed by atoms with van der Waals surface area (Å²) in [5, 5.41) is 5.98. The Kier molecular flexibility index (Phi) is 3.89. The Morgan fingerprint density at radius 3 is 2.64 bits per heavy atom. The molecule has 0 aromatic carbocycles. The van der Waals surface area contributed by atoms with E-state index in [1.807, 2.05) is 6.92 Å². The lowest BCUT2D eigenvalue weighted by atomic mass is 10.1. The number of hydrogen-bond acceptors (Lipinski definition) is 3. The summed E-state index contributed by atoms with van der Waals surface area (Å²) in [6, 6.07) is 0.968. The first-order valence-corrected chi connectivity index (χ1v) is 5.22. The number of likely N-dealkylation sites (tertiary alicyclic amines) is 1. The molecule has 14 heavy (non-hydrogen) atoms. The maximum absolute atomic E-state index is 11.3. The Balaban J connectivity index is 2.35. The quantitative estimate of drug-likeness (QED) is 0.662. The second-order valence-electron chi connectivity index (χ2n) is 4.22. The molecule has 82 valence electrons. The van der Waals surface area contributed by atoms with Crippen molar-refractivity contribution in [3.63, 3.8) is 0 Å². The van der Waals surface area contributed by atoms with Crippen molar-refractivity contribution in [1.82, 2.24) is 15.5 Å². The molecule has 4 nitrogen and oxygen atoms in total. The monoisotopic (exact) mass is 199 g/mol. The molecule has 1 heterocycles. The Morgan fingerprint density at radius 2 is 2.21 bits per heavy atom. The smallest absolute Gasteiger partial charge is 0.236 e. The molecule has 1 saturated heterocycles. The third-order valence-corrected chi connectivity index (χ3v) is 3.01. The van der Waals surface area contributed by atoms with Gasteiger partial charge in [-0.3, -0.25) is 4.79 Å². The highest BCUT2D eigenvalue weighted by atomic mass is 16.2. The maximum atomic E-state index is 11.3. The van der Waals surface area contributed by atoms with Gasteiger partial charge < -0.3 is 15.5 Å². The topological polar surface area (TPSA) is 44.4 Å². The Labute approximate surface area is 86.0 Å². The highest BCUT2D eigenvalue weighted by molar-refractivity contribution is 5.80. The molecule has 0 saturated carbocycles. The molecule has 2 N–H and O–H groups in total. The summed E-state index contributed by atoms with van der Waals surface area (Å²) >= 11 is 0. The zero-order valence-electron chi connectivity index (χ0n) is 9.50. The van der Waals surface area contributed by atoms with Crippen molar-refractivity contribution in [1.29, 1.82) is 0 Å². The number of nitrogens with one attached hydrogen (secondary N) is 2. The number of hydrogen-bond donors (Lipinski definition) is 2. The molecule has 1 fully saturated rings. The first-order chi connectivity index (χ1) is 6.54. The van der Waals surface area contributed by atoms with Crippen molar-refractivity contribution in [3.05, 3.63) is 0 Å². The highest BCUT2D eigenvalue weighted by Gasteiger charge is 2.27. The SMILES string of the molecule is CNC(=O)C(C)NC1CC(C)N(C)C1. The Morgan fingerprint density at radius 1 is 1.57 bits per heavy atom. The standard InChI is InChI=1S/C10H21N3O/c1-7-5-9(6-13(7)4)12-8(2)10(14)11-3/h7-9,12H,5-6H2,1-4H3,(H,11,14). The van der Waals surface area contributed by atoms with Crippen LogP contribution in [0.5, 0.6) is 0 Å². The van der Waals surface area contributed by atoms with Crippen LogP contribution in [0, 0.1) is 0 Å². The molecule has 3 unspecified atom stereocenters. The van der Waals surface area contributed by atoms with E-state index in [-0.39, 0.29) is 11.9 Å². The van der Waals surface area contributed by atoms with Crippen LogP contribution in [0.1, 0.15) is 20.3 Å².